The van der Waals surface area contributed by atoms with Gasteiger partial charge in [-0.15, -0.1) is 0 Å². The summed E-state index contributed by atoms with van der Waals surface area (Å²) >= 11 is 0. The lowest BCUT2D eigenvalue weighted by Gasteiger charge is -2.29. The summed E-state index contributed by atoms with van der Waals surface area (Å²) in [5.74, 6) is -1.41. The van der Waals surface area contributed by atoms with Crippen molar-refractivity contribution in [3.05, 3.63) is 54.1 Å². The number of pyridine rings is 2. The van der Waals surface area contributed by atoms with Crippen molar-refractivity contribution in [1.82, 2.24) is 29.7 Å². The van der Waals surface area contributed by atoms with Crippen molar-refractivity contribution in [2.75, 3.05) is 11.9 Å². The van der Waals surface area contributed by atoms with E-state index in [-0.39, 0.29) is 11.9 Å². The molecule has 0 aliphatic heterocycles. The number of alkyl halides is 3. The zero-order valence-electron chi connectivity index (χ0n) is 20.2. The number of halogens is 4. The topological polar surface area (TPSA) is 114 Å². The van der Waals surface area contributed by atoms with Crippen molar-refractivity contribution in [2.24, 2.45) is 0 Å². The Labute approximate surface area is 214 Å². The van der Waals surface area contributed by atoms with Crippen molar-refractivity contribution < 1.29 is 22.3 Å². The van der Waals surface area contributed by atoms with E-state index in [1.807, 2.05) is 23.7 Å². The summed E-state index contributed by atoms with van der Waals surface area (Å²) in [6.07, 6.45) is 2.54. The van der Waals surface area contributed by atoms with Crippen LogP contribution in [0.1, 0.15) is 50.0 Å². The van der Waals surface area contributed by atoms with E-state index in [1.54, 1.807) is 6.20 Å². The quantitative estimate of drug-likeness (QED) is 0.337. The molecule has 196 valence electrons. The molecule has 1 aliphatic carbocycles. The maximum absolute atomic E-state index is 14.4. The highest BCUT2D eigenvalue weighted by Crippen LogP contribution is 2.38. The minimum Gasteiger partial charge on any atom is -0.472 e. The number of ether oxygens (including phenoxy) is 1. The molecule has 38 heavy (non-hydrogen) atoms. The van der Waals surface area contributed by atoms with Gasteiger partial charge < -0.3 is 10.1 Å². The standard InChI is InChI=1S/C25H22F4N8O/c1-2-31-20-9-19-17(13-35-20)23(14-11-33-21(10-30)34-12-14)36-37(19)15-3-5-16(6-4-15)38-24-22(26)18(7-8-32-24)25(27,28)29/h7-9,11-13,15-16H,2-6H2,1H3,(H,31,35). The average Bonchev–Trinajstić information content (AvgIpc) is 3.29. The normalized spacial score (nSPS) is 17.8. The van der Waals surface area contributed by atoms with Crippen molar-refractivity contribution in [2.45, 2.75) is 50.9 Å². The number of fused-ring (bicyclic) bond motifs is 1. The van der Waals surface area contributed by atoms with E-state index in [9.17, 15) is 17.6 Å². The molecule has 1 saturated carbocycles. The van der Waals surface area contributed by atoms with E-state index in [1.165, 1.54) is 12.4 Å². The monoisotopic (exact) mass is 526 g/mol. The Morgan fingerprint density at radius 1 is 1.11 bits per heavy atom. The van der Waals surface area contributed by atoms with E-state index in [2.05, 4.69) is 25.3 Å². The summed E-state index contributed by atoms with van der Waals surface area (Å²) in [6.45, 7) is 2.65. The van der Waals surface area contributed by atoms with Crippen LogP contribution in [0.5, 0.6) is 5.88 Å². The van der Waals surface area contributed by atoms with Crippen LogP contribution in [-0.4, -0.2) is 42.4 Å². The first-order valence-corrected chi connectivity index (χ1v) is 12.0. The second-order valence-corrected chi connectivity index (χ2v) is 8.84. The van der Waals surface area contributed by atoms with Crippen LogP contribution >= 0.6 is 0 Å². The SMILES string of the molecule is CCNc1cc2c(cn1)c(-c1cnc(C#N)nc1)nn2C1CCC(Oc2nccc(C(F)(F)F)c2F)CC1. The summed E-state index contributed by atoms with van der Waals surface area (Å²) in [4.78, 5) is 16.2. The van der Waals surface area contributed by atoms with E-state index in [4.69, 9.17) is 15.1 Å². The van der Waals surface area contributed by atoms with Crippen LogP contribution in [0.2, 0.25) is 0 Å². The van der Waals surface area contributed by atoms with Crippen molar-refractivity contribution in [3.63, 3.8) is 0 Å². The second-order valence-electron chi connectivity index (χ2n) is 8.84. The fraction of sp³-hybridized carbons (Fsp3) is 0.360. The third-order valence-electron chi connectivity index (χ3n) is 6.41. The second kappa shape index (κ2) is 10.2. The van der Waals surface area contributed by atoms with Gasteiger partial charge in [-0.05, 0) is 38.7 Å². The Morgan fingerprint density at radius 3 is 2.50 bits per heavy atom. The highest BCUT2D eigenvalue weighted by molar-refractivity contribution is 5.93. The minimum absolute atomic E-state index is 0.0402. The maximum atomic E-state index is 14.4. The van der Waals surface area contributed by atoms with Gasteiger partial charge in [-0.3, -0.25) is 4.68 Å². The lowest BCUT2D eigenvalue weighted by Crippen LogP contribution is -2.27. The summed E-state index contributed by atoms with van der Waals surface area (Å²) in [6, 6.07) is 4.35. The number of nitriles is 1. The molecule has 13 heteroatoms. The average molecular weight is 526 g/mol. The molecule has 5 rings (SSSR count). The van der Waals surface area contributed by atoms with Crippen LogP contribution in [-0.2, 0) is 6.18 Å². The number of aromatic nitrogens is 6. The van der Waals surface area contributed by atoms with Gasteiger partial charge in [0.15, 0.2) is 5.82 Å². The Hall–Kier alpha value is -4.34. The van der Waals surface area contributed by atoms with Crippen LogP contribution < -0.4 is 10.1 Å². The molecule has 0 unspecified atom stereocenters. The lowest BCUT2D eigenvalue weighted by molar-refractivity contribution is -0.140. The summed E-state index contributed by atoms with van der Waals surface area (Å²) in [7, 11) is 0. The smallest absolute Gasteiger partial charge is 0.419 e. The Morgan fingerprint density at radius 2 is 1.84 bits per heavy atom. The van der Waals surface area contributed by atoms with Crippen LogP contribution in [0.15, 0.2) is 36.9 Å². The molecule has 0 saturated heterocycles. The number of rotatable bonds is 6. The Bertz CT molecular complexity index is 1490. The molecule has 4 aromatic heterocycles. The highest BCUT2D eigenvalue weighted by atomic mass is 19.4. The molecule has 4 aromatic rings. The molecule has 0 spiro atoms. The Kier molecular flexibility index (Phi) is 6.79. The molecular weight excluding hydrogens is 504 g/mol. The third-order valence-corrected chi connectivity index (χ3v) is 6.41. The predicted octanol–water partition coefficient (Wildman–Crippen LogP) is 5.31. The highest BCUT2D eigenvalue weighted by Gasteiger charge is 2.36. The predicted molar refractivity (Wildman–Crippen MR) is 129 cm³/mol. The minimum atomic E-state index is -4.83. The molecular formula is C25H22F4N8O. The summed E-state index contributed by atoms with van der Waals surface area (Å²) in [5.41, 5.74) is 0.691. The van der Waals surface area contributed by atoms with Gasteiger partial charge in [0.1, 0.15) is 23.7 Å². The molecule has 1 fully saturated rings. The fourth-order valence-electron chi connectivity index (χ4n) is 4.60. The van der Waals surface area contributed by atoms with E-state index in [0.717, 1.165) is 17.1 Å². The van der Waals surface area contributed by atoms with Gasteiger partial charge in [0.25, 0.3) is 5.88 Å². The van der Waals surface area contributed by atoms with Crippen molar-refractivity contribution in [1.29, 1.82) is 5.26 Å². The zero-order valence-corrected chi connectivity index (χ0v) is 20.2. The summed E-state index contributed by atoms with van der Waals surface area (Å²) in [5, 5.41) is 17.8. The molecule has 0 bridgehead atoms. The molecule has 0 aromatic carbocycles. The van der Waals surface area contributed by atoms with Gasteiger partial charge >= 0.3 is 6.18 Å². The number of hydrogen-bond acceptors (Lipinski definition) is 8. The Balaban J connectivity index is 1.40. The first-order valence-electron chi connectivity index (χ1n) is 12.0. The number of nitrogens with one attached hydrogen (secondary N) is 1. The van der Waals surface area contributed by atoms with Crippen LogP contribution in [0.3, 0.4) is 0 Å². The van der Waals surface area contributed by atoms with Gasteiger partial charge in [0, 0.05) is 48.3 Å². The number of hydrogen-bond donors (Lipinski definition) is 1. The van der Waals surface area contributed by atoms with Crippen LogP contribution in [0.4, 0.5) is 23.4 Å². The van der Waals surface area contributed by atoms with Gasteiger partial charge in [-0.25, -0.2) is 24.3 Å². The van der Waals surface area contributed by atoms with Gasteiger partial charge in [0.2, 0.25) is 5.82 Å². The maximum Gasteiger partial charge on any atom is 0.419 e. The lowest BCUT2D eigenvalue weighted by atomic mass is 9.93. The van der Waals surface area contributed by atoms with Crippen LogP contribution in [0.25, 0.3) is 22.2 Å². The van der Waals surface area contributed by atoms with Crippen molar-refractivity contribution in [3.8, 4) is 23.2 Å². The van der Waals surface area contributed by atoms with E-state index < -0.39 is 29.5 Å². The van der Waals surface area contributed by atoms with E-state index in [0.29, 0.717) is 55.4 Å². The van der Waals surface area contributed by atoms with Crippen molar-refractivity contribution >= 4 is 16.7 Å². The molecule has 0 atom stereocenters. The zero-order chi connectivity index (χ0) is 26.9. The van der Waals surface area contributed by atoms with E-state index >= 15 is 0 Å². The number of nitrogens with zero attached hydrogens (tertiary/aromatic N) is 7. The van der Waals surface area contributed by atoms with Gasteiger partial charge in [-0.2, -0.15) is 23.5 Å². The van der Waals surface area contributed by atoms with Crippen LogP contribution in [0, 0.1) is 17.1 Å². The molecule has 4 heterocycles. The fourth-order valence-corrected chi connectivity index (χ4v) is 4.60. The summed E-state index contributed by atoms with van der Waals surface area (Å²) < 4.78 is 61.0. The molecule has 1 N–H and O–H groups in total. The van der Waals surface area contributed by atoms with Gasteiger partial charge in [-0.1, -0.05) is 0 Å². The molecule has 1 aliphatic rings. The first kappa shape index (κ1) is 25.3. The molecule has 9 nitrogen and oxygen atoms in total. The number of anilines is 1. The molecule has 0 radical (unpaired) electrons. The first-order chi connectivity index (χ1) is 18.3. The third kappa shape index (κ3) is 4.93. The van der Waals surface area contributed by atoms with Gasteiger partial charge in [0.05, 0.1) is 17.1 Å². The largest absolute Gasteiger partial charge is 0.472 e. The molecule has 0 amide bonds.